The lowest BCUT2D eigenvalue weighted by molar-refractivity contribution is -0.126. The lowest BCUT2D eigenvalue weighted by Crippen LogP contribution is -2.42. The Kier molecular flexibility index (Phi) is 4.80. The van der Waals surface area contributed by atoms with Gasteiger partial charge in [-0.1, -0.05) is 0 Å². The first-order valence-electron chi connectivity index (χ1n) is 6.72. The van der Waals surface area contributed by atoms with E-state index in [0.29, 0.717) is 0 Å². The van der Waals surface area contributed by atoms with Crippen LogP contribution in [0.5, 0.6) is 0 Å². The van der Waals surface area contributed by atoms with Crippen LogP contribution in [0.4, 0.5) is 5.69 Å². The summed E-state index contributed by atoms with van der Waals surface area (Å²) in [5.41, 5.74) is 1.16. The van der Waals surface area contributed by atoms with Gasteiger partial charge in [0.15, 0.2) is 0 Å². The lowest BCUT2D eigenvalue weighted by atomic mass is 9.95. The summed E-state index contributed by atoms with van der Waals surface area (Å²) in [6.45, 7) is 5.83. The van der Waals surface area contributed by atoms with E-state index in [0.717, 1.165) is 36.1 Å². The minimum absolute atomic E-state index is 0.152. The smallest absolute Gasteiger partial charge is 0.223 e. The van der Waals surface area contributed by atoms with Crippen LogP contribution in [0.1, 0.15) is 26.7 Å². The SMILES string of the molecule is CC(C)NC(=O)C1CCN(c2ccncc2Br)CC1. The summed E-state index contributed by atoms with van der Waals surface area (Å²) in [6, 6.07) is 2.23. The van der Waals surface area contributed by atoms with Crippen LogP contribution < -0.4 is 10.2 Å². The molecule has 1 aliphatic heterocycles. The van der Waals surface area contributed by atoms with Crippen molar-refractivity contribution in [3.63, 3.8) is 0 Å². The Balaban J connectivity index is 1.93. The summed E-state index contributed by atoms with van der Waals surface area (Å²) in [5, 5.41) is 3.00. The Morgan fingerprint density at radius 1 is 1.47 bits per heavy atom. The molecular formula is C14H20BrN3O. The minimum atomic E-state index is 0.152. The number of hydrogen-bond acceptors (Lipinski definition) is 3. The van der Waals surface area contributed by atoms with Gasteiger partial charge in [0.25, 0.3) is 0 Å². The Labute approximate surface area is 122 Å². The summed E-state index contributed by atoms with van der Waals surface area (Å²) in [6.07, 6.45) is 5.44. The maximum atomic E-state index is 12.0. The van der Waals surface area contributed by atoms with Crippen LogP contribution in [-0.4, -0.2) is 30.0 Å². The molecule has 0 unspecified atom stereocenters. The number of aromatic nitrogens is 1. The zero-order valence-corrected chi connectivity index (χ0v) is 13.0. The Morgan fingerprint density at radius 2 is 2.16 bits per heavy atom. The highest BCUT2D eigenvalue weighted by Gasteiger charge is 2.25. The molecule has 0 aliphatic carbocycles. The standard InChI is InChI=1S/C14H20BrN3O/c1-10(2)17-14(19)11-4-7-18(8-5-11)13-3-6-16-9-12(13)15/h3,6,9-11H,4-5,7-8H2,1-2H3,(H,17,19). The van der Waals surface area contributed by atoms with Crippen LogP contribution in [0.3, 0.4) is 0 Å². The summed E-state index contributed by atoms with van der Waals surface area (Å²) in [4.78, 5) is 18.4. The second-order valence-corrected chi connectivity index (χ2v) is 6.11. The van der Waals surface area contributed by atoms with Gasteiger partial charge in [0.2, 0.25) is 5.91 Å². The van der Waals surface area contributed by atoms with Gasteiger partial charge in [-0.15, -0.1) is 0 Å². The number of hydrogen-bond donors (Lipinski definition) is 1. The number of piperidine rings is 1. The number of rotatable bonds is 3. The second-order valence-electron chi connectivity index (χ2n) is 5.25. The normalized spacial score (nSPS) is 16.7. The van der Waals surface area contributed by atoms with Crippen LogP contribution in [0.25, 0.3) is 0 Å². The maximum Gasteiger partial charge on any atom is 0.223 e. The first-order chi connectivity index (χ1) is 9.08. The third-order valence-corrected chi connectivity index (χ3v) is 4.00. The lowest BCUT2D eigenvalue weighted by Gasteiger charge is -2.33. The van der Waals surface area contributed by atoms with Gasteiger partial charge in [-0.05, 0) is 48.7 Å². The minimum Gasteiger partial charge on any atom is -0.370 e. The number of pyridine rings is 1. The molecule has 0 spiro atoms. The van der Waals surface area contributed by atoms with Crippen molar-refractivity contribution < 1.29 is 4.79 Å². The number of carbonyl (C=O) groups is 1. The van der Waals surface area contributed by atoms with Gasteiger partial charge in [-0.25, -0.2) is 0 Å². The Hall–Kier alpha value is -1.10. The van der Waals surface area contributed by atoms with E-state index in [4.69, 9.17) is 0 Å². The first kappa shape index (κ1) is 14.3. The van der Waals surface area contributed by atoms with Crippen molar-refractivity contribution in [3.05, 3.63) is 22.9 Å². The van der Waals surface area contributed by atoms with Crippen molar-refractivity contribution in [2.75, 3.05) is 18.0 Å². The van der Waals surface area contributed by atoms with E-state index in [1.54, 1.807) is 6.20 Å². The number of carbonyl (C=O) groups excluding carboxylic acids is 1. The molecule has 4 nitrogen and oxygen atoms in total. The molecule has 19 heavy (non-hydrogen) atoms. The van der Waals surface area contributed by atoms with Crippen molar-refractivity contribution in [3.8, 4) is 0 Å². The van der Waals surface area contributed by atoms with Crippen molar-refractivity contribution in [1.29, 1.82) is 0 Å². The zero-order chi connectivity index (χ0) is 13.8. The van der Waals surface area contributed by atoms with E-state index in [1.807, 2.05) is 26.1 Å². The molecular weight excluding hydrogens is 306 g/mol. The number of halogens is 1. The van der Waals surface area contributed by atoms with E-state index in [1.165, 1.54) is 0 Å². The van der Waals surface area contributed by atoms with Gasteiger partial charge >= 0.3 is 0 Å². The van der Waals surface area contributed by atoms with E-state index in [9.17, 15) is 4.79 Å². The summed E-state index contributed by atoms with van der Waals surface area (Å²) < 4.78 is 1.01. The Morgan fingerprint density at radius 3 is 2.74 bits per heavy atom. The molecule has 1 saturated heterocycles. The van der Waals surface area contributed by atoms with Gasteiger partial charge in [0, 0.05) is 37.4 Å². The van der Waals surface area contributed by atoms with Crippen LogP contribution in [0, 0.1) is 5.92 Å². The molecule has 1 aromatic heterocycles. The molecule has 0 aromatic carbocycles. The van der Waals surface area contributed by atoms with Gasteiger partial charge < -0.3 is 10.2 Å². The molecule has 1 amide bonds. The van der Waals surface area contributed by atoms with Crippen LogP contribution >= 0.6 is 15.9 Å². The molecule has 0 radical (unpaired) electrons. The van der Waals surface area contributed by atoms with Crippen LogP contribution in [-0.2, 0) is 4.79 Å². The third kappa shape index (κ3) is 3.69. The summed E-state index contributed by atoms with van der Waals surface area (Å²) >= 11 is 3.53. The average Bonchev–Trinajstić information content (AvgIpc) is 2.39. The number of amides is 1. The second kappa shape index (κ2) is 6.37. The molecule has 0 atom stereocenters. The predicted octanol–water partition coefficient (Wildman–Crippen LogP) is 2.59. The first-order valence-corrected chi connectivity index (χ1v) is 7.52. The summed E-state index contributed by atoms with van der Waals surface area (Å²) in [7, 11) is 0. The molecule has 104 valence electrons. The molecule has 1 aliphatic rings. The maximum absolute atomic E-state index is 12.0. The van der Waals surface area contributed by atoms with Crippen molar-refractivity contribution in [2.24, 2.45) is 5.92 Å². The molecule has 1 fully saturated rings. The van der Waals surface area contributed by atoms with Gasteiger partial charge in [-0.2, -0.15) is 0 Å². The van der Waals surface area contributed by atoms with Crippen molar-refractivity contribution >= 4 is 27.5 Å². The predicted molar refractivity (Wildman–Crippen MR) is 80.2 cm³/mol. The van der Waals surface area contributed by atoms with Gasteiger partial charge in [-0.3, -0.25) is 9.78 Å². The van der Waals surface area contributed by atoms with E-state index in [2.05, 4.69) is 31.1 Å². The number of anilines is 1. The van der Waals surface area contributed by atoms with Gasteiger partial charge in [0.05, 0.1) is 10.2 Å². The van der Waals surface area contributed by atoms with Crippen LogP contribution in [0.15, 0.2) is 22.9 Å². The quantitative estimate of drug-likeness (QED) is 0.929. The molecule has 0 saturated carbocycles. The molecule has 5 heteroatoms. The van der Waals surface area contributed by atoms with Crippen molar-refractivity contribution in [1.82, 2.24) is 10.3 Å². The number of nitrogens with one attached hydrogen (secondary N) is 1. The monoisotopic (exact) mass is 325 g/mol. The van der Waals surface area contributed by atoms with E-state index < -0.39 is 0 Å². The average molecular weight is 326 g/mol. The van der Waals surface area contributed by atoms with Gasteiger partial charge in [0.1, 0.15) is 0 Å². The summed E-state index contributed by atoms with van der Waals surface area (Å²) in [5.74, 6) is 0.350. The molecule has 2 heterocycles. The van der Waals surface area contributed by atoms with E-state index in [-0.39, 0.29) is 17.9 Å². The molecule has 0 bridgehead atoms. The fraction of sp³-hybridized carbons (Fsp3) is 0.571. The topological polar surface area (TPSA) is 45.2 Å². The Bertz CT molecular complexity index is 442. The molecule has 1 N–H and O–H groups in total. The van der Waals surface area contributed by atoms with Crippen molar-refractivity contribution in [2.45, 2.75) is 32.7 Å². The molecule has 1 aromatic rings. The molecule has 2 rings (SSSR count). The highest BCUT2D eigenvalue weighted by molar-refractivity contribution is 9.10. The fourth-order valence-corrected chi connectivity index (χ4v) is 2.91. The largest absolute Gasteiger partial charge is 0.370 e. The highest BCUT2D eigenvalue weighted by Crippen LogP contribution is 2.29. The third-order valence-electron chi connectivity index (χ3n) is 3.39. The zero-order valence-electron chi connectivity index (χ0n) is 11.4. The van der Waals surface area contributed by atoms with E-state index >= 15 is 0 Å². The fourth-order valence-electron chi connectivity index (χ4n) is 2.41. The number of nitrogens with zero attached hydrogens (tertiary/aromatic N) is 2. The van der Waals surface area contributed by atoms with Crippen LogP contribution in [0.2, 0.25) is 0 Å². The highest BCUT2D eigenvalue weighted by atomic mass is 79.9.